The Bertz CT molecular complexity index is 2460. The summed E-state index contributed by atoms with van der Waals surface area (Å²) in [7, 11) is -6.38. The van der Waals surface area contributed by atoms with E-state index in [9.17, 15) is 13.2 Å². The standard InChI is InChI=1S/C45H57F2N5O6SSi/c1-26(2)60(27(3)4,28(5)6)20-18-33-36(46)17-14-29-21-32(57-37-13-11-12-19-56-37)22-34(38(29)33)40-39(47)41-35(23-48-40)42(50-43(49-41)59(10,54)55)51-24-30-15-16-31(25-51)52(30)44(53)58-45(7,8)9/h14,17,21-23,26-28,30-31,37H,11-13,15-16,19,24-25H2,1-10H3. The largest absolute Gasteiger partial charge is 0.465 e. The molecule has 0 aliphatic carbocycles. The van der Waals surface area contributed by atoms with Gasteiger partial charge in [-0.15, -0.1) is 5.54 Å². The van der Waals surface area contributed by atoms with Gasteiger partial charge in [-0.3, -0.25) is 9.88 Å². The van der Waals surface area contributed by atoms with Crippen LogP contribution in [0.3, 0.4) is 0 Å². The fraction of sp³-hybridized carbons (Fsp3) is 0.556. The summed E-state index contributed by atoms with van der Waals surface area (Å²) in [4.78, 5) is 30.4. The van der Waals surface area contributed by atoms with E-state index in [1.54, 1.807) is 23.1 Å². The number of hydrogen-bond acceptors (Lipinski definition) is 10. The molecule has 3 aliphatic rings. The van der Waals surface area contributed by atoms with Crippen molar-refractivity contribution >= 4 is 51.5 Å². The second kappa shape index (κ2) is 16.5. The van der Waals surface area contributed by atoms with Gasteiger partial charge in [0.15, 0.2) is 12.1 Å². The molecule has 4 aromatic rings. The molecule has 7 rings (SSSR count). The molecule has 11 nitrogen and oxygen atoms in total. The minimum Gasteiger partial charge on any atom is -0.465 e. The molecule has 0 radical (unpaired) electrons. The van der Waals surface area contributed by atoms with E-state index in [2.05, 4.69) is 63.0 Å². The highest BCUT2D eigenvalue weighted by atomic mass is 32.2. The van der Waals surface area contributed by atoms with Crippen molar-refractivity contribution in [3.05, 3.63) is 47.7 Å². The Morgan fingerprint density at radius 3 is 2.22 bits per heavy atom. The molecule has 0 N–H and O–H groups in total. The molecule has 1 amide bonds. The monoisotopic (exact) mass is 861 g/mol. The summed E-state index contributed by atoms with van der Waals surface area (Å²) in [5.41, 5.74) is 3.74. The third-order valence-corrected chi connectivity index (χ3v) is 19.5. The van der Waals surface area contributed by atoms with Gasteiger partial charge < -0.3 is 19.1 Å². The van der Waals surface area contributed by atoms with Crippen molar-refractivity contribution in [2.24, 2.45) is 0 Å². The van der Waals surface area contributed by atoms with Crippen LogP contribution in [-0.2, 0) is 19.3 Å². The molecular formula is C45H57F2N5O6SSi. The Balaban J connectivity index is 1.42. The molecule has 322 valence electrons. The number of carbonyl (C=O) groups excluding carboxylic acids is 1. The molecule has 2 aromatic carbocycles. The van der Waals surface area contributed by atoms with Crippen LogP contribution in [0.5, 0.6) is 5.75 Å². The van der Waals surface area contributed by atoms with E-state index in [-0.39, 0.29) is 62.2 Å². The predicted molar refractivity (Wildman–Crippen MR) is 233 cm³/mol. The molecular weight excluding hydrogens is 805 g/mol. The first-order valence-electron chi connectivity index (χ1n) is 21.1. The molecule has 3 atom stereocenters. The average molecular weight is 862 g/mol. The van der Waals surface area contributed by atoms with Crippen LogP contribution in [0.15, 0.2) is 35.6 Å². The number of piperazine rings is 1. The molecule has 3 saturated heterocycles. The number of amides is 1. The third kappa shape index (κ3) is 8.31. The lowest BCUT2D eigenvalue weighted by molar-refractivity contribution is -0.105. The summed E-state index contributed by atoms with van der Waals surface area (Å²) in [6.07, 6.45) is 5.44. The first-order chi connectivity index (χ1) is 28.2. The number of pyridine rings is 1. The van der Waals surface area contributed by atoms with E-state index in [0.717, 1.165) is 19.1 Å². The molecule has 3 fully saturated rings. The van der Waals surface area contributed by atoms with Crippen LogP contribution in [0.1, 0.15) is 100.0 Å². The second-order valence-electron chi connectivity index (χ2n) is 18.5. The maximum absolute atomic E-state index is 17.6. The maximum atomic E-state index is 17.6. The zero-order valence-corrected chi connectivity index (χ0v) is 38.2. The number of rotatable bonds is 8. The van der Waals surface area contributed by atoms with Crippen molar-refractivity contribution in [1.82, 2.24) is 19.9 Å². The highest BCUT2D eigenvalue weighted by Crippen LogP contribution is 2.43. The molecule has 3 aliphatic heterocycles. The van der Waals surface area contributed by atoms with Crippen LogP contribution in [-0.4, -0.2) is 92.4 Å². The van der Waals surface area contributed by atoms with Crippen LogP contribution in [0.2, 0.25) is 16.6 Å². The van der Waals surface area contributed by atoms with Crippen molar-refractivity contribution in [3.8, 4) is 28.5 Å². The van der Waals surface area contributed by atoms with Crippen LogP contribution in [0.4, 0.5) is 19.4 Å². The predicted octanol–water partition coefficient (Wildman–Crippen LogP) is 9.59. The van der Waals surface area contributed by atoms with Crippen LogP contribution in [0.25, 0.3) is 32.9 Å². The molecule has 2 bridgehead atoms. The number of benzene rings is 2. The number of hydrogen-bond donors (Lipinski definition) is 0. The van der Waals surface area contributed by atoms with Crippen molar-refractivity contribution in [2.75, 3.05) is 30.9 Å². The summed E-state index contributed by atoms with van der Waals surface area (Å²) in [5.74, 6) is 2.43. The molecule has 5 heterocycles. The van der Waals surface area contributed by atoms with Crippen LogP contribution >= 0.6 is 0 Å². The SMILES string of the molecule is CC(C)[Si](C#Cc1c(F)ccc2cc(OC3CCCCO3)cc(-c3ncc4c(N5CC6CCC(C5)N6C(=O)OC(C)(C)C)nc(S(C)(=O)=O)nc4c3F)c12)(C(C)C)C(C)C. The number of sulfone groups is 1. The lowest BCUT2D eigenvalue weighted by Crippen LogP contribution is -2.57. The minimum absolute atomic E-state index is 0.127. The van der Waals surface area contributed by atoms with E-state index in [0.29, 0.717) is 55.5 Å². The first kappa shape index (κ1) is 43.7. The van der Waals surface area contributed by atoms with Crippen molar-refractivity contribution in [2.45, 2.75) is 140 Å². The topological polar surface area (TPSA) is 124 Å². The second-order valence-corrected chi connectivity index (χ2v) is 26.0. The van der Waals surface area contributed by atoms with Gasteiger partial charge in [-0.2, -0.15) is 0 Å². The highest BCUT2D eigenvalue weighted by Gasteiger charge is 2.45. The zero-order valence-electron chi connectivity index (χ0n) is 36.4. The summed E-state index contributed by atoms with van der Waals surface area (Å²) < 4.78 is 78.1. The Hall–Kier alpha value is -4.39. The van der Waals surface area contributed by atoms with Gasteiger partial charge in [-0.05, 0) is 86.7 Å². The van der Waals surface area contributed by atoms with E-state index in [4.69, 9.17) is 19.2 Å². The van der Waals surface area contributed by atoms with Crippen molar-refractivity contribution < 1.29 is 36.2 Å². The number of aromatic nitrogens is 3. The third-order valence-electron chi connectivity index (χ3n) is 12.3. The Labute approximate surface area is 353 Å². The fourth-order valence-corrected chi connectivity index (χ4v) is 15.4. The fourth-order valence-electron chi connectivity index (χ4n) is 9.65. The van der Waals surface area contributed by atoms with E-state index >= 15 is 8.78 Å². The van der Waals surface area contributed by atoms with Gasteiger partial charge in [0, 0.05) is 42.9 Å². The lowest BCUT2D eigenvalue weighted by Gasteiger charge is -2.42. The molecule has 0 spiro atoms. The molecule has 60 heavy (non-hydrogen) atoms. The van der Waals surface area contributed by atoms with E-state index in [1.165, 1.54) is 12.3 Å². The Kier molecular flexibility index (Phi) is 12.0. The summed E-state index contributed by atoms with van der Waals surface area (Å²) in [6, 6.07) is 5.95. The molecule has 0 saturated carbocycles. The number of halogens is 2. The van der Waals surface area contributed by atoms with Gasteiger partial charge in [0.05, 0.1) is 29.6 Å². The summed E-state index contributed by atoms with van der Waals surface area (Å²) >= 11 is 0. The molecule has 15 heteroatoms. The number of carbonyl (C=O) groups is 1. The van der Waals surface area contributed by atoms with Crippen LogP contribution < -0.4 is 9.64 Å². The number of nitrogens with zero attached hydrogens (tertiary/aromatic N) is 5. The van der Waals surface area contributed by atoms with E-state index in [1.807, 2.05) is 25.7 Å². The van der Waals surface area contributed by atoms with Crippen molar-refractivity contribution in [1.29, 1.82) is 0 Å². The highest BCUT2D eigenvalue weighted by molar-refractivity contribution is 7.90. The lowest BCUT2D eigenvalue weighted by atomic mass is 9.95. The van der Waals surface area contributed by atoms with Gasteiger partial charge in [-0.1, -0.05) is 53.5 Å². The zero-order chi connectivity index (χ0) is 43.5. The number of fused-ring (bicyclic) bond motifs is 4. The van der Waals surface area contributed by atoms with Gasteiger partial charge in [0.2, 0.25) is 15.0 Å². The summed E-state index contributed by atoms with van der Waals surface area (Å²) in [6.45, 7) is 19.7. The Morgan fingerprint density at radius 1 is 0.967 bits per heavy atom. The molecule has 3 unspecified atom stereocenters. The molecule has 2 aromatic heterocycles. The number of anilines is 1. The van der Waals surface area contributed by atoms with Gasteiger partial charge in [0.1, 0.15) is 42.3 Å². The van der Waals surface area contributed by atoms with Gasteiger partial charge in [-0.25, -0.2) is 32.0 Å². The average Bonchev–Trinajstić information content (AvgIpc) is 3.43. The normalized spacial score (nSPS) is 20.0. The number of ether oxygens (including phenoxy) is 3. The van der Waals surface area contributed by atoms with E-state index < -0.39 is 52.7 Å². The van der Waals surface area contributed by atoms with Crippen molar-refractivity contribution in [3.63, 3.8) is 0 Å². The van der Waals surface area contributed by atoms with Gasteiger partial charge >= 0.3 is 6.09 Å². The summed E-state index contributed by atoms with van der Waals surface area (Å²) in [5, 5.41) is 0.578. The minimum atomic E-state index is -4.04. The first-order valence-corrected chi connectivity index (χ1v) is 25.2. The van der Waals surface area contributed by atoms with Gasteiger partial charge in [0.25, 0.3) is 0 Å². The quantitative estimate of drug-likeness (QED) is 0.0962. The maximum Gasteiger partial charge on any atom is 0.410 e. The Morgan fingerprint density at radius 2 is 1.63 bits per heavy atom. The van der Waals surface area contributed by atoms with Crippen LogP contribution in [0, 0.1) is 23.1 Å². The smallest absolute Gasteiger partial charge is 0.410 e.